The highest BCUT2D eigenvalue weighted by Crippen LogP contribution is 2.16. The number of hydrogen-bond acceptors (Lipinski definition) is 4. The molecular weight excluding hydrogens is 260 g/mol. The molecule has 0 spiro atoms. The van der Waals surface area contributed by atoms with Gasteiger partial charge in [0, 0.05) is 26.7 Å². The molecular formula is C13H16N4O3. The lowest BCUT2D eigenvalue weighted by atomic mass is 10.2. The Kier molecular flexibility index (Phi) is 3.69. The summed E-state index contributed by atoms with van der Waals surface area (Å²) in [6.07, 6.45) is 2.55. The summed E-state index contributed by atoms with van der Waals surface area (Å²) in [5, 5.41) is 2.93. The molecule has 2 aromatic rings. The zero-order chi connectivity index (χ0) is 14.9. The number of carbonyl (C=O) groups is 1. The average molecular weight is 276 g/mol. The fraction of sp³-hybridized carbons (Fsp3) is 0.385. The zero-order valence-electron chi connectivity index (χ0n) is 11.6. The molecule has 2 heterocycles. The van der Waals surface area contributed by atoms with Crippen LogP contribution < -0.4 is 16.6 Å². The smallest absolute Gasteiger partial charge is 0.325 e. The van der Waals surface area contributed by atoms with Crippen LogP contribution in [0.25, 0.3) is 11.0 Å². The van der Waals surface area contributed by atoms with Gasteiger partial charge < -0.3 is 5.32 Å². The molecule has 7 nitrogen and oxygen atoms in total. The highest BCUT2D eigenvalue weighted by molar-refractivity contribution is 5.99. The average Bonchev–Trinajstić information content (AvgIpc) is 2.43. The molecule has 0 radical (unpaired) electrons. The molecule has 0 fully saturated rings. The first-order chi connectivity index (χ1) is 9.47. The zero-order valence-corrected chi connectivity index (χ0v) is 11.6. The second-order valence-electron chi connectivity index (χ2n) is 4.56. The predicted octanol–water partition coefficient (Wildman–Crippen LogP) is 0.371. The largest absolute Gasteiger partial charge is 0.332 e. The number of aryl methyl sites for hydroxylation is 1. The molecule has 20 heavy (non-hydrogen) atoms. The number of nitrogens with zero attached hydrogens (tertiary/aromatic N) is 3. The number of pyridine rings is 1. The summed E-state index contributed by atoms with van der Waals surface area (Å²) in [5.74, 6) is -0.170. The van der Waals surface area contributed by atoms with Crippen LogP contribution >= 0.6 is 0 Å². The SMILES string of the molecule is CCCC(=O)Nc1ccnc2c1c(=O)n(C)c(=O)n2C. The summed E-state index contributed by atoms with van der Waals surface area (Å²) in [5.41, 5.74) is -0.285. The maximum Gasteiger partial charge on any atom is 0.332 e. The molecule has 2 rings (SSSR count). The van der Waals surface area contributed by atoms with Gasteiger partial charge in [-0.2, -0.15) is 0 Å². The van der Waals surface area contributed by atoms with Gasteiger partial charge in [-0.3, -0.25) is 18.7 Å². The lowest BCUT2D eigenvalue weighted by Gasteiger charge is -2.10. The third kappa shape index (κ3) is 2.22. The first-order valence-corrected chi connectivity index (χ1v) is 6.32. The van der Waals surface area contributed by atoms with Crippen molar-refractivity contribution in [2.45, 2.75) is 19.8 Å². The summed E-state index contributed by atoms with van der Waals surface area (Å²) in [6, 6.07) is 1.56. The van der Waals surface area contributed by atoms with E-state index >= 15 is 0 Å². The first kappa shape index (κ1) is 14.0. The summed E-state index contributed by atoms with van der Waals surface area (Å²) >= 11 is 0. The number of aromatic nitrogens is 3. The number of carbonyl (C=O) groups excluding carboxylic acids is 1. The Labute approximate surface area is 114 Å². The molecule has 0 unspecified atom stereocenters. The van der Waals surface area contributed by atoms with Gasteiger partial charge in [0.25, 0.3) is 5.56 Å². The molecule has 0 aliphatic heterocycles. The van der Waals surface area contributed by atoms with Crippen LogP contribution in [0.1, 0.15) is 19.8 Å². The first-order valence-electron chi connectivity index (χ1n) is 6.32. The molecule has 0 aliphatic rings. The predicted molar refractivity (Wildman–Crippen MR) is 75.8 cm³/mol. The van der Waals surface area contributed by atoms with Crippen molar-refractivity contribution >= 4 is 22.6 Å². The van der Waals surface area contributed by atoms with Crippen LogP contribution in [-0.4, -0.2) is 20.0 Å². The minimum absolute atomic E-state index is 0.170. The summed E-state index contributed by atoms with van der Waals surface area (Å²) in [4.78, 5) is 39.8. The summed E-state index contributed by atoms with van der Waals surface area (Å²) in [7, 11) is 2.93. The maximum absolute atomic E-state index is 12.2. The quantitative estimate of drug-likeness (QED) is 0.877. The van der Waals surface area contributed by atoms with Gasteiger partial charge in [-0.1, -0.05) is 6.92 Å². The van der Waals surface area contributed by atoms with Crippen LogP contribution in [0.4, 0.5) is 5.69 Å². The molecule has 1 amide bonds. The van der Waals surface area contributed by atoms with E-state index < -0.39 is 11.2 Å². The third-order valence-corrected chi connectivity index (χ3v) is 3.09. The van der Waals surface area contributed by atoms with E-state index in [0.717, 1.165) is 4.57 Å². The molecule has 106 valence electrons. The van der Waals surface area contributed by atoms with Crippen molar-refractivity contribution in [2.24, 2.45) is 14.1 Å². The van der Waals surface area contributed by atoms with Crippen LogP contribution in [0, 0.1) is 0 Å². The van der Waals surface area contributed by atoms with E-state index in [4.69, 9.17) is 0 Å². The van der Waals surface area contributed by atoms with Gasteiger partial charge in [0.15, 0.2) is 5.65 Å². The normalized spacial score (nSPS) is 10.8. The Bertz CT molecular complexity index is 789. The van der Waals surface area contributed by atoms with Crippen molar-refractivity contribution in [2.75, 3.05) is 5.32 Å². The number of hydrogen-bond donors (Lipinski definition) is 1. The Balaban J connectivity index is 2.72. The van der Waals surface area contributed by atoms with Gasteiger partial charge in [-0.05, 0) is 12.5 Å². The Hall–Kier alpha value is -2.44. The molecule has 0 aromatic carbocycles. The topological polar surface area (TPSA) is 86.0 Å². The van der Waals surface area contributed by atoms with Crippen LogP contribution in [0.2, 0.25) is 0 Å². The third-order valence-electron chi connectivity index (χ3n) is 3.09. The van der Waals surface area contributed by atoms with Gasteiger partial charge >= 0.3 is 5.69 Å². The summed E-state index contributed by atoms with van der Waals surface area (Å²) in [6.45, 7) is 1.90. The Morgan fingerprint density at radius 3 is 2.65 bits per heavy atom. The highest BCUT2D eigenvalue weighted by Gasteiger charge is 2.14. The van der Waals surface area contributed by atoms with Crippen LogP contribution in [0.3, 0.4) is 0 Å². The minimum Gasteiger partial charge on any atom is -0.325 e. The fourth-order valence-corrected chi connectivity index (χ4v) is 2.03. The molecule has 7 heteroatoms. The van der Waals surface area contributed by atoms with Crippen molar-refractivity contribution in [1.29, 1.82) is 0 Å². The van der Waals surface area contributed by atoms with Gasteiger partial charge in [0.05, 0.1) is 5.69 Å². The summed E-state index contributed by atoms with van der Waals surface area (Å²) < 4.78 is 2.28. The second kappa shape index (κ2) is 5.28. The monoisotopic (exact) mass is 276 g/mol. The number of fused-ring (bicyclic) bond motifs is 1. The lowest BCUT2D eigenvalue weighted by Crippen LogP contribution is -2.37. The van der Waals surface area contributed by atoms with Gasteiger partial charge in [0.2, 0.25) is 5.91 Å². The van der Waals surface area contributed by atoms with Gasteiger partial charge in [-0.15, -0.1) is 0 Å². The minimum atomic E-state index is -0.469. The van der Waals surface area contributed by atoms with Crippen LogP contribution in [0.15, 0.2) is 21.9 Å². The van der Waals surface area contributed by atoms with E-state index in [9.17, 15) is 14.4 Å². The lowest BCUT2D eigenvalue weighted by molar-refractivity contribution is -0.116. The van der Waals surface area contributed by atoms with Crippen molar-refractivity contribution in [1.82, 2.24) is 14.1 Å². The highest BCUT2D eigenvalue weighted by atomic mass is 16.2. The fourth-order valence-electron chi connectivity index (χ4n) is 2.03. The van der Waals surface area contributed by atoms with E-state index in [1.807, 2.05) is 6.92 Å². The number of rotatable bonds is 3. The number of amides is 1. The molecule has 0 saturated carbocycles. The standard InChI is InChI=1S/C13H16N4O3/c1-4-5-9(18)15-8-6-7-14-11-10(8)12(19)17(3)13(20)16(11)2/h6-7H,4-5H2,1-3H3,(H,14,15,18). The van der Waals surface area contributed by atoms with Gasteiger partial charge in [0.1, 0.15) is 5.39 Å². The maximum atomic E-state index is 12.2. The van der Waals surface area contributed by atoms with E-state index in [1.165, 1.54) is 24.9 Å². The molecule has 1 N–H and O–H groups in total. The van der Waals surface area contributed by atoms with Crippen molar-refractivity contribution in [3.63, 3.8) is 0 Å². The van der Waals surface area contributed by atoms with Crippen molar-refractivity contribution < 1.29 is 4.79 Å². The molecule has 0 aliphatic carbocycles. The van der Waals surface area contributed by atoms with E-state index in [2.05, 4.69) is 10.3 Å². The molecule has 0 atom stereocenters. The van der Waals surface area contributed by atoms with E-state index in [0.29, 0.717) is 18.5 Å². The number of nitrogens with one attached hydrogen (secondary N) is 1. The van der Waals surface area contributed by atoms with E-state index in [1.54, 1.807) is 6.07 Å². The molecule has 0 bridgehead atoms. The molecule has 0 saturated heterocycles. The van der Waals surface area contributed by atoms with Crippen LogP contribution in [-0.2, 0) is 18.9 Å². The molecule has 2 aromatic heterocycles. The Morgan fingerprint density at radius 2 is 2.00 bits per heavy atom. The van der Waals surface area contributed by atoms with Crippen LogP contribution in [0.5, 0.6) is 0 Å². The second-order valence-corrected chi connectivity index (χ2v) is 4.56. The van der Waals surface area contributed by atoms with Crippen molar-refractivity contribution in [3.8, 4) is 0 Å². The number of anilines is 1. The van der Waals surface area contributed by atoms with E-state index in [-0.39, 0.29) is 16.9 Å². The van der Waals surface area contributed by atoms with Gasteiger partial charge in [-0.25, -0.2) is 9.78 Å². The van der Waals surface area contributed by atoms with Crippen molar-refractivity contribution in [3.05, 3.63) is 33.1 Å². The Morgan fingerprint density at radius 1 is 1.30 bits per heavy atom.